The summed E-state index contributed by atoms with van der Waals surface area (Å²) in [4.78, 5) is 10.4. The molecule has 1 rings (SSSR count). The molecule has 0 aliphatic carbocycles. The van der Waals surface area contributed by atoms with Crippen LogP contribution in [-0.4, -0.2) is 27.0 Å². The van der Waals surface area contributed by atoms with Crippen molar-refractivity contribution >= 4 is 17.7 Å². The van der Waals surface area contributed by atoms with E-state index < -0.39 is 5.97 Å². The standard InChI is InChI=1S/C11H18N2O3S/c1-3-5-8(6-4-2)10-12-13-11(16-10)17-7-9(14)15/h8H,3-7H2,1-2H3,(H,14,15). The van der Waals surface area contributed by atoms with Crippen LogP contribution in [-0.2, 0) is 4.79 Å². The van der Waals surface area contributed by atoms with Crippen molar-refractivity contribution in [2.75, 3.05) is 5.75 Å². The first-order valence-corrected chi connectivity index (χ1v) is 6.83. The molecule has 1 heterocycles. The van der Waals surface area contributed by atoms with Gasteiger partial charge in [-0.05, 0) is 12.8 Å². The molecule has 0 saturated heterocycles. The molecule has 6 heteroatoms. The van der Waals surface area contributed by atoms with Crippen LogP contribution in [0.4, 0.5) is 0 Å². The van der Waals surface area contributed by atoms with Crippen molar-refractivity contribution in [3.8, 4) is 0 Å². The lowest BCUT2D eigenvalue weighted by molar-refractivity contribution is -0.133. The van der Waals surface area contributed by atoms with Crippen LogP contribution in [0.2, 0.25) is 0 Å². The number of carboxylic acids is 1. The van der Waals surface area contributed by atoms with Gasteiger partial charge >= 0.3 is 5.97 Å². The van der Waals surface area contributed by atoms with Gasteiger partial charge in [-0.2, -0.15) is 0 Å². The number of carboxylic acid groups (broad SMARTS) is 1. The largest absolute Gasteiger partial charge is 0.481 e. The van der Waals surface area contributed by atoms with Crippen LogP contribution in [0.1, 0.15) is 51.3 Å². The molecule has 96 valence electrons. The topological polar surface area (TPSA) is 76.2 Å². The van der Waals surface area contributed by atoms with E-state index in [0.717, 1.165) is 37.4 Å². The fourth-order valence-electron chi connectivity index (χ4n) is 1.66. The first kappa shape index (κ1) is 14.0. The molecule has 0 bridgehead atoms. The monoisotopic (exact) mass is 258 g/mol. The van der Waals surface area contributed by atoms with Gasteiger partial charge in [-0.1, -0.05) is 38.5 Å². The van der Waals surface area contributed by atoms with Gasteiger partial charge in [0.2, 0.25) is 5.89 Å². The van der Waals surface area contributed by atoms with E-state index in [1.807, 2.05) is 0 Å². The Morgan fingerprint density at radius 2 is 2.00 bits per heavy atom. The lowest BCUT2D eigenvalue weighted by Gasteiger charge is -2.09. The highest BCUT2D eigenvalue weighted by molar-refractivity contribution is 7.99. The summed E-state index contributed by atoms with van der Waals surface area (Å²) >= 11 is 1.06. The fraction of sp³-hybridized carbons (Fsp3) is 0.727. The first-order chi connectivity index (χ1) is 8.17. The normalized spacial score (nSPS) is 11.0. The molecule has 0 fully saturated rings. The highest BCUT2D eigenvalue weighted by Gasteiger charge is 2.17. The van der Waals surface area contributed by atoms with Crippen molar-refractivity contribution in [1.29, 1.82) is 0 Å². The van der Waals surface area contributed by atoms with Crippen LogP contribution in [0.25, 0.3) is 0 Å². The van der Waals surface area contributed by atoms with Crippen LogP contribution in [0, 0.1) is 0 Å². The molecule has 0 atom stereocenters. The maximum Gasteiger partial charge on any atom is 0.314 e. The van der Waals surface area contributed by atoms with Gasteiger partial charge in [0, 0.05) is 5.92 Å². The quantitative estimate of drug-likeness (QED) is 0.722. The summed E-state index contributed by atoms with van der Waals surface area (Å²) in [6.45, 7) is 4.25. The molecule has 1 aromatic rings. The van der Waals surface area contributed by atoms with E-state index in [0.29, 0.717) is 17.0 Å². The number of aliphatic carboxylic acids is 1. The third-order valence-corrected chi connectivity index (χ3v) is 3.17. The van der Waals surface area contributed by atoms with E-state index in [9.17, 15) is 4.79 Å². The number of hydrogen-bond donors (Lipinski definition) is 1. The molecule has 0 aliphatic heterocycles. The second-order valence-electron chi connectivity index (χ2n) is 3.86. The zero-order valence-corrected chi connectivity index (χ0v) is 11.0. The number of aromatic nitrogens is 2. The Balaban J connectivity index is 2.60. The van der Waals surface area contributed by atoms with Crippen molar-refractivity contribution < 1.29 is 14.3 Å². The molecular formula is C11H18N2O3S. The summed E-state index contributed by atoms with van der Waals surface area (Å²) in [5, 5.41) is 16.8. The molecule has 5 nitrogen and oxygen atoms in total. The average molecular weight is 258 g/mol. The van der Waals surface area contributed by atoms with Crippen LogP contribution < -0.4 is 0 Å². The summed E-state index contributed by atoms with van der Waals surface area (Å²) < 4.78 is 5.48. The SMILES string of the molecule is CCCC(CCC)c1nnc(SCC(=O)O)o1. The molecule has 0 aromatic carbocycles. The number of thioether (sulfide) groups is 1. The molecule has 17 heavy (non-hydrogen) atoms. The third kappa shape index (κ3) is 4.77. The second kappa shape index (κ2) is 7.32. The molecule has 0 saturated carbocycles. The predicted octanol–water partition coefficient (Wildman–Crippen LogP) is 2.93. The molecule has 1 N–H and O–H groups in total. The molecule has 0 spiro atoms. The number of rotatable bonds is 8. The summed E-state index contributed by atoms with van der Waals surface area (Å²) in [7, 11) is 0. The zero-order valence-electron chi connectivity index (χ0n) is 10.2. The van der Waals surface area contributed by atoms with E-state index in [2.05, 4.69) is 24.0 Å². The fourth-order valence-corrected chi connectivity index (χ4v) is 2.15. The van der Waals surface area contributed by atoms with Crippen molar-refractivity contribution in [3.63, 3.8) is 0 Å². The summed E-state index contributed by atoms with van der Waals surface area (Å²) in [5.74, 6) is 0.0140. The van der Waals surface area contributed by atoms with Crippen molar-refractivity contribution in [2.45, 2.75) is 50.7 Å². The minimum absolute atomic E-state index is 0.0478. The van der Waals surface area contributed by atoms with E-state index >= 15 is 0 Å². The van der Waals surface area contributed by atoms with Gasteiger partial charge in [-0.15, -0.1) is 10.2 Å². The highest BCUT2D eigenvalue weighted by atomic mass is 32.2. The Bertz CT molecular complexity index is 348. The maximum atomic E-state index is 10.4. The van der Waals surface area contributed by atoms with Crippen molar-refractivity contribution in [3.05, 3.63) is 5.89 Å². The zero-order chi connectivity index (χ0) is 12.7. The Morgan fingerprint density at radius 1 is 1.35 bits per heavy atom. The van der Waals surface area contributed by atoms with Gasteiger partial charge < -0.3 is 9.52 Å². The van der Waals surface area contributed by atoms with Gasteiger partial charge in [0.1, 0.15) is 5.75 Å². The van der Waals surface area contributed by atoms with Crippen LogP contribution >= 0.6 is 11.8 Å². The lowest BCUT2D eigenvalue weighted by atomic mass is 9.98. The van der Waals surface area contributed by atoms with Gasteiger partial charge in [0.05, 0.1) is 0 Å². The third-order valence-electron chi connectivity index (χ3n) is 2.36. The van der Waals surface area contributed by atoms with Gasteiger partial charge in [-0.3, -0.25) is 4.79 Å². The van der Waals surface area contributed by atoms with E-state index in [4.69, 9.17) is 9.52 Å². The number of nitrogens with zero attached hydrogens (tertiary/aromatic N) is 2. The minimum Gasteiger partial charge on any atom is -0.481 e. The Morgan fingerprint density at radius 3 is 2.53 bits per heavy atom. The Labute approximate surface area is 105 Å². The number of carbonyl (C=O) groups is 1. The summed E-state index contributed by atoms with van der Waals surface area (Å²) in [6.07, 6.45) is 4.20. The van der Waals surface area contributed by atoms with Gasteiger partial charge in [0.25, 0.3) is 5.22 Å². The average Bonchev–Trinajstić information content (AvgIpc) is 2.74. The molecule has 0 aliphatic rings. The van der Waals surface area contributed by atoms with Crippen molar-refractivity contribution in [1.82, 2.24) is 10.2 Å². The molecule has 0 amide bonds. The molecule has 0 radical (unpaired) electrons. The molecule has 1 aromatic heterocycles. The maximum absolute atomic E-state index is 10.4. The van der Waals surface area contributed by atoms with Gasteiger partial charge in [0.15, 0.2) is 0 Å². The molecular weight excluding hydrogens is 240 g/mol. The van der Waals surface area contributed by atoms with Crippen molar-refractivity contribution in [2.24, 2.45) is 0 Å². The Kier molecular flexibility index (Phi) is 6.04. The van der Waals surface area contributed by atoms with Gasteiger partial charge in [-0.25, -0.2) is 0 Å². The smallest absolute Gasteiger partial charge is 0.314 e. The van der Waals surface area contributed by atoms with Crippen LogP contribution in [0.15, 0.2) is 9.64 Å². The number of hydrogen-bond acceptors (Lipinski definition) is 5. The summed E-state index contributed by atoms with van der Waals surface area (Å²) in [5.41, 5.74) is 0. The van der Waals surface area contributed by atoms with Crippen LogP contribution in [0.5, 0.6) is 0 Å². The van der Waals surface area contributed by atoms with E-state index in [1.165, 1.54) is 0 Å². The molecule has 0 unspecified atom stereocenters. The predicted molar refractivity (Wildman–Crippen MR) is 65.2 cm³/mol. The lowest BCUT2D eigenvalue weighted by Crippen LogP contribution is -1.98. The second-order valence-corrected chi connectivity index (χ2v) is 4.79. The minimum atomic E-state index is -0.881. The van der Waals surface area contributed by atoms with Crippen LogP contribution in [0.3, 0.4) is 0 Å². The van der Waals surface area contributed by atoms with E-state index in [-0.39, 0.29) is 5.75 Å². The Hall–Kier alpha value is -1.04. The summed E-state index contributed by atoms with van der Waals surface area (Å²) in [6, 6.07) is 0. The first-order valence-electron chi connectivity index (χ1n) is 5.85. The van der Waals surface area contributed by atoms with E-state index in [1.54, 1.807) is 0 Å². The highest BCUT2D eigenvalue weighted by Crippen LogP contribution is 2.27.